The van der Waals surface area contributed by atoms with Crippen LogP contribution in [0.4, 0.5) is 5.13 Å². The molecule has 0 spiro atoms. The largest absolute Gasteiger partial charge is 0.381 e. The maximum absolute atomic E-state index is 5.40. The van der Waals surface area contributed by atoms with Crippen molar-refractivity contribution in [3.8, 4) is 0 Å². The average molecular weight is 213 g/mol. The average Bonchev–Trinajstić information content (AvgIpc) is 2.63. The fraction of sp³-hybridized carbons (Fsp3) is 0.778. The highest BCUT2D eigenvalue weighted by atomic mass is 32.1. The van der Waals surface area contributed by atoms with Gasteiger partial charge in [0.2, 0.25) is 5.13 Å². The summed E-state index contributed by atoms with van der Waals surface area (Å²) in [5.74, 6) is 1.48. The van der Waals surface area contributed by atoms with Crippen LogP contribution in [0, 0.1) is 12.8 Å². The minimum atomic E-state index is 0.632. The lowest BCUT2D eigenvalue weighted by Gasteiger charge is -2.21. The molecule has 0 radical (unpaired) electrons. The third kappa shape index (κ3) is 2.65. The predicted octanol–water partition coefficient (Wildman–Crippen LogP) is 1.69. The molecule has 5 heteroatoms. The van der Waals surface area contributed by atoms with E-state index in [1.54, 1.807) is 0 Å². The van der Waals surface area contributed by atoms with Crippen LogP contribution in [-0.4, -0.2) is 29.1 Å². The molecule has 1 aliphatic rings. The molecular formula is C9H15N3OS. The topological polar surface area (TPSA) is 47.0 Å². The van der Waals surface area contributed by atoms with Crippen molar-refractivity contribution in [1.29, 1.82) is 0 Å². The van der Waals surface area contributed by atoms with Gasteiger partial charge < -0.3 is 10.1 Å². The van der Waals surface area contributed by atoms with Crippen molar-refractivity contribution in [2.45, 2.75) is 19.8 Å². The Morgan fingerprint density at radius 1 is 1.64 bits per heavy atom. The van der Waals surface area contributed by atoms with E-state index in [0.717, 1.165) is 30.7 Å². The Morgan fingerprint density at radius 3 is 3.21 bits per heavy atom. The molecule has 0 amide bonds. The number of ether oxygens (including phenoxy) is 1. The van der Waals surface area contributed by atoms with E-state index in [0.29, 0.717) is 5.92 Å². The van der Waals surface area contributed by atoms with Crippen LogP contribution in [0.5, 0.6) is 0 Å². The summed E-state index contributed by atoms with van der Waals surface area (Å²) in [6.07, 6.45) is 2.44. The summed E-state index contributed by atoms with van der Waals surface area (Å²) in [6, 6.07) is 0. The third-order valence-electron chi connectivity index (χ3n) is 2.32. The van der Waals surface area contributed by atoms with E-state index in [4.69, 9.17) is 4.74 Å². The number of aryl methyl sites for hydroxylation is 1. The van der Waals surface area contributed by atoms with Crippen LogP contribution in [0.3, 0.4) is 0 Å². The summed E-state index contributed by atoms with van der Waals surface area (Å²) < 4.78 is 9.52. The number of aromatic nitrogens is 2. The molecule has 2 rings (SSSR count). The standard InChI is InChI=1S/C9H15N3OS/c1-7-11-9(14-12-7)10-5-8-3-2-4-13-6-8/h8H,2-6H2,1H3,(H,10,11,12). The molecule has 1 unspecified atom stereocenters. The lowest BCUT2D eigenvalue weighted by molar-refractivity contribution is 0.0595. The maximum atomic E-state index is 5.40. The Labute approximate surface area is 87.9 Å². The molecular weight excluding hydrogens is 198 g/mol. The maximum Gasteiger partial charge on any atom is 0.202 e. The van der Waals surface area contributed by atoms with Gasteiger partial charge in [0.05, 0.1) is 6.61 Å². The summed E-state index contributed by atoms with van der Waals surface area (Å²) in [4.78, 5) is 4.25. The summed E-state index contributed by atoms with van der Waals surface area (Å²) in [5.41, 5.74) is 0. The van der Waals surface area contributed by atoms with E-state index in [1.165, 1.54) is 24.4 Å². The van der Waals surface area contributed by atoms with Crippen LogP contribution in [-0.2, 0) is 4.74 Å². The van der Waals surface area contributed by atoms with Crippen molar-refractivity contribution in [1.82, 2.24) is 9.36 Å². The lowest BCUT2D eigenvalue weighted by Crippen LogP contribution is -2.24. The molecule has 1 atom stereocenters. The summed E-state index contributed by atoms with van der Waals surface area (Å²) in [6.45, 7) is 4.67. The van der Waals surface area contributed by atoms with Gasteiger partial charge in [-0.2, -0.15) is 4.37 Å². The van der Waals surface area contributed by atoms with Crippen molar-refractivity contribution in [3.63, 3.8) is 0 Å². The van der Waals surface area contributed by atoms with E-state index < -0.39 is 0 Å². The molecule has 78 valence electrons. The molecule has 1 aliphatic heterocycles. The van der Waals surface area contributed by atoms with Gasteiger partial charge in [0, 0.05) is 24.7 Å². The molecule has 1 saturated heterocycles. The van der Waals surface area contributed by atoms with Crippen LogP contribution in [0.2, 0.25) is 0 Å². The fourth-order valence-corrected chi connectivity index (χ4v) is 2.15. The highest BCUT2D eigenvalue weighted by Crippen LogP contribution is 2.16. The first-order valence-corrected chi connectivity index (χ1v) is 5.74. The van der Waals surface area contributed by atoms with E-state index in [2.05, 4.69) is 14.7 Å². The van der Waals surface area contributed by atoms with Crippen molar-refractivity contribution >= 4 is 16.7 Å². The van der Waals surface area contributed by atoms with Gasteiger partial charge in [-0.1, -0.05) is 0 Å². The van der Waals surface area contributed by atoms with Gasteiger partial charge in [-0.25, -0.2) is 4.98 Å². The molecule has 0 saturated carbocycles. The molecule has 1 N–H and O–H groups in total. The summed E-state index contributed by atoms with van der Waals surface area (Å²) >= 11 is 1.43. The summed E-state index contributed by atoms with van der Waals surface area (Å²) in [5, 5.41) is 4.22. The Bertz CT molecular complexity index is 283. The second-order valence-corrected chi connectivity index (χ2v) is 4.36. The highest BCUT2D eigenvalue weighted by Gasteiger charge is 2.13. The fourth-order valence-electron chi connectivity index (χ4n) is 1.57. The number of nitrogens with zero attached hydrogens (tertiary/aromatic N) is 2. The smallest absolute Gasteiger partial charge is 0.202 e. The SMILES string of the molecule is Cc1nsc(NCC2CCCOC2)n1. The van der Waals surface area contributed by atoms with Gasteiger partial charge in [-0.15, -0.1) is 0 Å². The first-order chi connectivity index (χ1) is 6.84. The number of hydrogen-bond acceptors (Lipinski definition) is 5. The zero-order valence-corrected chi connectivity index (χ0v) is 9.14. The molecule has 1 aromatic rings. The van der Waals surface area contributed by atoms with Gasteiger partial charge in [-0.3, -0.25) is 0 Å². The van der Waals surface area contributed by atoms with Crippen LogP contribution in [0.25, 0.3) is 0 Å². The number of rotatable bonds is 3. The number of anilines is 1. The predicted molar refractivity (Wildman–Crippen MR) is 56.7 cm³/mol. The Morgan fingerprint density at radius 2 is 2.57 bits per heavy atom. The minimum absolute atomic E-state index is 0.632. The van der Waals surface area contributed by atoms with Crippen molar-refractivity contribution in [2.75, 3.05) is 25.1 Å². The van der Waals surface area contributed by atoms with Crippen LogP contribution >= 0.6 is 11.5 Å². The van der Waals surface area contributed by atoms with Crippen LogP contribution in [0.1, 0.15) is 18.7 Å². The molecule has 0 bridgehead atoms. The van der Waals surface area contributed by atoms with Crippen molar-refractivity contribution in [2.24, 2.45) is 5.92 Å². The van der Waals surface area contributed by atoms with E-state index in [9.17, 15) is 0 Å². The van der Waals surface area contributed by atoms with E-state index in [-0.39, 0.29) is 0 Å². The molecule has 1 fully saturated rings. The normalized spacial score (nSPS) is 22.2. The number of hydrogen-bond donors (Lipinski definition) is 1. The van der Waals surface area contributed by atoms with Gasteiger partial charge in [-0.05, 0) is 25.7 Å². The zero-order chi connectivity index (χ0) is 9.80. The molecule has 1 aromatic heterocycles. The Kier molecular flexibility index (Phi) is 3.31. The second-order valence-electron chi connectivity index (χ2n) is 3.61. The van der Waals surface area contributed by atoms with Gasteiger partial charge in [0.1, 0.15) is 5.82 Å². The minimum Gasteiger partial charge on any atom is -0.381 e. The van der Waals surface area contributed by atoms with Gasteiger partial charge in [0.15, 0.2) is 0 Å². The monoisotopic (exact) mass is 213 g/mol. The zero-order valence-electron chi connectivity index (χ0n) is 8.32. The first-order valence-electron chi connectivity index (χ1n) is 4.96. The van der Waals surface area contributed by atoms with E-state index in [1.807, 2.05) is 6.92 Å². The molecule has 0 aliphatic carbocycles. The molecule has 2 heterocycles. The van der Waals surface area contributed by atoms with Crippen molar-refractivity contribution in [3.05, 3.63) is 5.82 Å². The Balaban J connectivity index is 1.76. The molecule has 0 aromatic carbocycles. The second kappa shape index (κ2) is 4.70. The van der Waals surface area contributed by atoms with E-state index >= 15 is 0 Å². The summed E-state index contributed by atoms with van der Waals surface area (Å²) in [7, 11) is 0. The van der Waals surface area contributed by atoms with Gasteiger partial charge >= 0.3 is 0 Å². The van der Waals surface area contributed by atoms with Gasteiger partial charge in [0.25, 0.3) is 0 Å². The molecule has 14 heavy (non-hydrogen) atoms. The Hall–Kier alpha value is -0.680. The number of nitrogens with one attached hydrogen (secondary N) is 1. The lowest BCUT2D eigenvalue weighted by atomic mass is 10.0. The molecule has 4 nitrogen and oxygen atoms in total. The van der Waals surface area contributed by atoms with Crippen LogP contribution in [0.15, 0.2) is 0 Å². The first kappa shape index (κ1) is 9.86. The van der Waals surface area contributed by atoms with Crippen LogP contribution < -0.4 is 5.32 Å². The quantitative estimate of drug-likeness (QED) is 0.830. The highest BCUT2D eigenvalue weighted by molar-refractivity contribution is 7.09. The van der Waals surface area contributed by atoms with Crippen molar-refractivity contribution < 1.29 is 4.74 Å². The third-order valence-corrected chi connectivity index (χ3v) is 3.09.